The number of halogens is 1. The maximum Gasteiger partial charge on any atom is 0.0792 e. The Morgan fingerprint density at radius 1 is 1.75 bits per heavy atom. The van der Waals surface area contributed by atoms with Gasteiger partial charge in [0.2, 0.25) is 0 Å². The van der Waals surface area contributed by atoms with E-state index in [9.17, 15) is 0 Å². The summed E-state index contributed by atoms with van der Waals surface area (Å²) in [5.74, 6) is 0. The predicted octanol–water partition coefficient (Wildman–Crippen LogP) is 1.73. The molecule has 0 atom stereocenters. The zero-order valence-electron chi connectivity index (χ0n) is 5.07. The summed E-state index contributed by atoms with van der Waals surface area (Å²) < 4.78 is 0.986. The molecule has 3 heteroatoms. The number of alkyl halides is 1. The number of rotatable bonds is 2. The fourth-order valence-electron chi connectivity index (χ4n) is 0.0659. The molecule has 0 aromatic carbocycles. The van der Waals surface area contributed by atoms with Crippen molar-refractivity contribution in [1.29, 1.82) is 0 Å². The van der Waals surface area contributed by atoms with E-state index in [1.165, 1.54) is 0 Å². The van der Waals surface area contributed by atoms with Crippen LogP contribution in [-0.4, -0.2) is 9.42 Å². The van der Waals surface area contributed by atoms with Crippen LogP contribution in [0, 0.1) is 5.41 Å². The second kappa shape index (κ2) is 2.96. The van der Waals surface area contributed by atoms with Gasteiger partial charge in [-0.05, 0) is 0 Å². The van der Waals surface area contributed by atoms with E-state index in [2.05, 4.69) is 22.6 Å². The van der Waals surface area contributed by atoms with E-state index < -0.39 is 0 Å². The quantitative estimate of drug-likeness (QED) is 0.454. The predicted molar refractivity (Wildman–Crippen MR) is 49.5 cm³/mol. The van der Waals surface area contributed by atoms with Crippen LogP contribution in [-0.2, 0) is 0 Å². The highest BCUT2D eigenvalue weighted by Gasteiger charge is 2.18. The summed E-state index contributed by atoms with van der Waals surface area (Å²) in [6.45, 7) is 4.09. The SMILES string of the molecule is CC(C)(CI)C(N)=S. The van der Waals surface area contributed by atoms with Crippen LogP contribution in [0.2, 0.25) is 0 Å². The smallest absolute Gasteiger partial charge is 0.0792 e. The lowest BCUT2D eigenvalue weighted by molar-refractivity contribution is 0.619. The van der Waals surface area contributed by atoms with Gasteiger partial charge in [-0.3, -0.25) is 0 Å². The molecule has 0 amide bonds. The third kappa shape index (κ3) is 2.26. The molecule has 0 radical (unpaired) electrons. The van der Waals surface area contributed by atoms with Gasteiger partial charge in [0.25, 0.3) is 0 Å². The van der Waals surface area contributed by atoms with Crippen molar-refractivity contribution in [2.24, 2.45) is 11.1 Å². The molecule has 0 aromatic rings. The van der Waals surface area contributed by atoms with Crippen molar-refractivity contribution < 1.29 is 0 Å². The Hall–Kier alpha value is 0.620. The third-order valence-corrected chi connectivity index (χ3v) is 3.46. The number of thiocarbonyl (C=S) groups is 1. The van der Waals surface area contributed by atoms with Crippen LogP contribution in [0.15, 0.2) is 0 Å². The van der Waals surface area contributed by atoms with Gasteiger partial charge in [0.05, 0.1) is 4.99 Å². The summed E-state index contributed by atoms with van der Waals surface area (Å²) in [5, 5.41) is 0. The van der Waals surface area contributed by atoms with Crippen LogP contribution in [0.5, 0.6) is 0 Å². The molecular weight excluding hydrogens is 233 g/mol. The highest BCUT2D eigenvalue weighted by atomic mass is 127. The van der Waals surface area contributed by atoms with Gasteiger partial charge in [0.15, 0.2) is 0 Å². The Morgan fingerprint density at radius 2 is 2.12 bits per heavy atom. The lowest BCUT2D eigenvalue weighted by atomic mass is 9.97. The van der Waals surface area contributed by atoms with Crippen LogP contribution < -0.4 is 5.73 Å². The van der Waals surface area contributed by atoms with Crippen LogP contribution in [0.3, 0.4) is 0 Å². The molecule has 1 nitrogen and oxygen atoms in total. The van der Waals surface area contributed by atoms with Crippen molar-refractivity contribution >= 4 is 39.8 Å². The molecule has 0 fully saturated rings. The molecule has 0 aliphatic carbocycles. The highest BCUT2D eigenvalue weighted by Crippen LogP contribution is 2.17. The standard InChI is InChI=1S/C5H10INS/c1-5(2,3-6)4(7)8/h3H2,1-2H3,(H2,7,8). The minimum absolute atomic E-state index is 0.0376. The highest BCUT2D eigenvalue weighted by molar-refractivity contribution is 14.1. The molecule has 0 bridgehead atoms. The monoisotopic (exact) mass is 243 g/mol. The Balaban J connectivity index is 3.91. The van der Waals surface area contributed by atoms with E-state index in [-0.39, 0.29) is 5.41 Å². The molecule has 0 saturated heterocycles. The van der Waals surface area contributed by atoms with Crippen LogP contribution in [0.25, 0.3) is 0 Å². The van der Waals surface area contributed by atoms with Crippen molar-refractivity contribution in [3.8, 4) is 0 Å². The van der Waals surface area contributed by atoms with Crippen LogP contribution in [0.4, 0.5) is 0 Å². The molecule has 48 valence electrons. The van der Waals surface area contributed by atoms with Crippen molar-refractivity contribution in [3.63, 3.8) is 0 Å². The zero-order valence-corrected chi connectivity index (χ0v) is 8.04. The minimum atomic E-state index is 0.0376. The molecule has 0 aliphatic heterocycles. The largest absolute Gasteiger partial charge is 0.393 e. The van der Waals surface area contributed by atoms with E-state index in [0.29, 0.717) is 4.99 Å². The summed E-state index contributed by atoms with van der Waals surface area (Å²) in [7, 11) is 0. The fourth-order valence-corrected chi connectivity index (χ4v) is 0.808. The number of nitrogens with two attached hydrogens (primary N) is 1. The lowest BCUT2D eigenvalue weighted by Crippen LogP contribution is -2.30. The fraction of sp³-hybridized carbons (Fsp3) is 0.800. The van der Waals surface area contributed by atoms with Gasteiger partial charge in [-0.15, -0.1) is 0 Å². The van der Waals surface area contributed by atoms with Crippen LogP contribution >= 0.6 is 34.8 Å². The molecule has 0 aliphatic rings. The van der Waals surface area contributed by atoms with Gasteiger partial charge in [-0.25, -0.2) is 0 Å². The van der Waals surface area contributed by atoms with Gasteiger partial charge in [0, 0.05) is 9.84 Å². The summed E-state index contributed by atoms with van der Waals surface area (Å²) in [4.78, 5) is 0.604. The third-order valence-electron chi connectivity index (χ3n) is 1.00. The molecule has 0 unspecified atom stereocenters. The Morgan fingerprint density at radius 3 is 2.12 bits per heavy atom. The first-order valence-electron chi connectivity index (χ1n) is 2.36. The second-order valence-electron chi connectivity index (χ2n) is 2.38. The minimum Gasteiger partial charge on any atom is -0.393 e. The van der Waals surface area contributed by atoms with Gasteiger partial charge < -0.3 is 5.73 Å². The van der Waals surface area contributed by atoms with Gasteiger partial charge in [-0.2, -0.15) is 0 Å². The van der Waals surface area contributed by atoms with E-state index >= 15 is 0 Å². The summed E-state index contributed by atoms with van der Waals surface area (Å²) >= 11 is 7.08. The second-order valence-corrected chi connectivity index (χ2v) is 3.58. The molecule has 0 rings (SSSR count). The van der Waals surface area contributed by atoms with E-state index in [0.717, 1.165) is 4.43 Å². The molecular formula is C5H10INS. The molecule has 2 N–H and O–H groups in total. The van der Waals surface area contributed by atoms with Crippen molar-refractivity contribution in [3.05, 3.63) is 0 Å². The van der Waals surface area contributed by atoms with Gasteiger partial charge in [-0.1, -0.05) is 48.7 Å². The lowest BCUT2D eigenvalue weighted by Gasteiger charge is -2.18. The van der Waals surface area contributed by atoms with E-state index in [4.69, 9.17) is 18.0 Å². The molecule has 0 heterocycles. The maximum absolute atomic E-state index is 5.41. The molecule has 8 heavy (non-hydrogen) atoms. The molecule has 0 aromatic heterocycles. The maximum atomic E-state index is 5.41. The first-order chi connectivity index (χ1) is 3.50. The molecule has 0 saturated carbocycles. The summed E-state index contributed by atoms with van der Waals surface area (Å²) in [6, 6.07) is 0. The van der Waals surface area contributed by atoms with Crippen LogP contribution in [0.1, 0.15) is 13.8 Å². The summed E-state index contributed by atoms with van der Waals surface area (Å²) in [5.41, 5.74) is 5.44. The topological polar surface area (TPSA) is 26.0 Å². The van der Waals surface area contributed by atoms with Crippen molar-refractivity contribution in [1.82, 2.24) is 0 Å². The number of hydrogen-bond acceptors (Lipinski definition) is 1. The first kappa shape index (κ1) is 8.62. The van der Waals surface area contributed by atoms with E-state index in [1.807, 2.05) is 13.8 Å². The molecule has 0 spiro atoms. The van der Waals surface area contributed by atoms with Crippen molar-refractivity contribution in [2.45, 2.75) is 13.8 Å². The Kier molecular flexibility index (Phi) is 3.19. The van der Waals surface area contributed by atoms with Crippen molar-refractivity contribution in [2.75, 3.05) is 4.43 Å². The average Bonchev–Trinajstić information content (AvgIpc) is 1.67. The summed E-state index contributed by atoms with van der Waals surface area (Å²) in [6.07, 6.45) is 0. The normalized spacial score (nSPS) is 11.4. The number of hydrogen-bond donors (Lipinski definition) is 1. The zero-order chi connectivity index (χ0) is 6.78. The first-order valence-corrected chi connectivity index (χ1v) is 4.30. The van der Waals surface area contributed by atoms with Gasteiger partial charge >= 0.3 is 0 Å². The Bertz CT molecular complexity index is 101. The Labute approximate surface area is 69.2 Å². The van der Waals surface area contributed by atoms with E-state index in [1.54, 1.807) is 0 Å². The average molecular weight is 243 g/mol. The van der Waals surface area contributed by atoms with Gasteiger partial charge in [0.1, 0.15) is 0 Å².